The first-order valence-corrected chi connectivity index (χ1v) is 6.90. The summed E-state index contributed by atoms with van der Waals surface area (Å²) in [5, 5.41) is 3.01. The lowest BCUT2D eigenvalue weighted by Gasteiger charge is -2.21. The Morgan fingerprint density at radius 3 is 2.42 bits per heavy atom. The van der Waals surface area contributed by atoms with Crippen molar-refractivity contribution in [3.05, 3.63) is 35.6 Å². The molecule has 0 spiro atoms. The Morgan fingerprint density at radius 1 is 1.21 bits per heavy atom. The minimum absolute atomic E-state index is 0.0834. The summed E-state index contributed by atoms with van der Waals surface area (Å²) in [6, 6.07) is 6.61. The van der Waals surface area contributed by atoms with Gasteiger partial charge in [0.1, 0.15) is 5.82 Å². The van der Waals surface area contributed by atoms with Gasteiger partial charge in [0.05, 0.1) is 6.54 Å². The van der Waals surface area contributed by atoms with Crippen LogP contribution in [0, 0.1) is 5.82 Å². The van der Waals surface area contributed by atoms with Gasteiger partial charge in [-0.3, -0.25) is 4.79 Å². The van der Waals surface area contributed by atoms with Gasteiger partial charge in [0.2, 0.25) is 5.91 Å². The average molecular weight is 266 g/mol. The molecule has 1 aromatic rings. The first-order chi connectivity index (χ1) is 9.19. The highest BCUT2D eigenvalue weighted by Crippen LogP contribution is 2.05. The molecule has 0 saturated carbocycles. The van der Waals surface area contributed by atoms with Gasteiger partial charge in [-0.25, -0.2) is 4.39 Å². The maximum atomic E-state index is 13.4. The lowest BCUT2D eigenvalue weighted by molar-refractivity contribution is -0.130. The van der Waals surface area contributed by atoms with Crippen LogP contribution in [0.1, 0.15) is 32.3 Å². The Morgan fingerprint density at radius 2 is 1.84 bits per heavy atom. The van der Waals surface area contributed by atoms with E-state index in [1.165, 1.54) is 6.07 Å². The number of hydrogen-bond donors (Lipinski definition) is 1. The zero-order valence-corrected chi connectivity index (χ0v) is 11.8. The predicted molar refractivity (Wildman–Crippen MR) is 75.3 cm³/mol. The average Bonchev–Trinajstić information content (AvgIpc) is 2.40. The highest BCUT2D eigenvalue weighted by atomic mass is 19.1. The molecule has 0 radical (unpaired) electrons. The van der Waals surface area contributed by atoms with Crippen molar-refractivity contribution >= 4 is 5.91 Å². The van der Waals surface area contributed by atoms with Crippen LogP contribution < -0.4 is 5.32 Å². The molecule has 1 N–H and O–H groups in total. The van der Waals surface area contributed by atoms with E-state index < -0.39 is 0 Å². The van der Waals surface area contributed by atoms with E-state index >= 15 is 0 Å². The third kappa shape index (κ3) is 5.39. The summed E-state index contributed by atoms with van der Waals surface area (Å²) in [5.74, 6) is -0.151. The van der Waals surface area contributed by atoms with Crippen LogP contribution in [0.15, 0.2) is 24.3 Å². The summed E-state index contributed by atoms with van der Waals surface area (Å²) < 4.78 is 13.4. The topological polar surface area (TPSA) is 32.3 Å². The summed E-state index contributed by atoms with van der Waals surface area (Å²) in [5.41, 5.74) is 0.591. The van der Waals surface area contributed by atoms with E-state index in [1.54, 1.807) is 18.2 Å². The molecule has 0 bridgehead atoms. The molecule has 0 aliphatic heterocycles. The van der Waals surface area contributed by atoms with E-state index in [0.29, 0.717) is 12.1 Å². The standard InChI is InChI=1S/C15H23FN2O/c1-3-9-18(10-4-2)15(19)12-17-11-13-7-5-6-8-14(13)16/h5-8,17H,3-4,9-12H2,1-2H3. The van der Waals surface area contributed by atoms with Crippen molar-refractivity contribution in [1.29, 1.82) is 0 Å². The van der Waals surface area contributed by atoms with Gasteiger partial charge in [0.15, 0.2) is 0 Å². The summed E-state index contributed by atoms with van der Waals surface area (Å²) in [4.78, 5) is 13.8. The molecule has 1 aromatic carbocycles. The first-order valence-electron chi connectivity index (χ1n) is 6.90. The van der Waals surface area contributed by atoms with Crippen molar-refractivity contribution in [2.75, 3.05) is 19.6 Å². The van der Waals surface area contributed by atoms with Gasteiger partial charge in [-0.05, 0) is 18.9 Å². The largest absolute Gasteiger partial charge is 0.342 e. The second kappa shape index (κ2) is 8.64. The van der Waals surface area contributed by atoms with Crippen LogP contribution in [0.3, 0.4) is 0 Å². The van der Waals surface area contributed by atoms with Crippen molar-refractivity contribution in [2.24, 2.45) is 0 Å². The van der Waals surface area contributed by atoms with Crippen LogP contribution in [-0.2, 0) is 11.3 Å². The summed E-state index contributed by atoms with van der Waals surface area (Å²) in [7, 11) is 0. The number of nitrogens with one attached hydrogen (secondary N) is 1. The SMILES string of the molecule is CCCN(CCC)C(=O)CNCc1ccccc1F. The second-order valence-electron chi connectivity index (χ2n) is 4.58. The van der Waals surface area contributed by atoms with E-state index in [9.17, 15) is 9.18 Å². The van der Waals surface area contributed by atoms with Crippen LogP contribution in [0.4, 0.5) is 4.39 Å². The molecule has 0 aliphatic carbocycles. The Hall–Kier alpha value is -1.42. The van der Waals surface area contributed by atoms with E-state index in [1.807, 2.05) is 4.90 Å². The number of rotatable bonds is 8. The maximum Gasteiger partial charge on any atom is 0.236 e. The Labute approximate surface area is 114 Å². The third-order valence-corrected chi connectivity index (χ3v) is 2.89. The van der Waals surface area contributed by atoms with Crippen LogP contribution in [0.5, 0.6) is 0 Å². The number of nitrogens with zero attached hydrogens (tertiary/aromatic N) is 1. The van der Waals surface area contributed by atoms with Gasteiger partial charge in [-0.2, -0.15) is 0 Å². The molecular weight excluding hydrogens is 243 g/mol. The summed E-state index contributed by atoms with van der Waals surface area (Å²) in [6.45, 7) is 6.33. The van der Waals surface area contributed by atoms with Gasteiger partial charge >= 0.3 is 0 Å². The molecular formula is C15H23FN2O. The zero-order valence-electron chi connectivity index (χ0n) is 11.8. The molecule has 0 heterocycles. The van der Waals surface area contributed by atoms with Crippen molar-refractivity contribution < 1.29 is 9.18 Å². The third-order valence-electron chi connectivity index (χ3n) is 2.89. The predicted octanol–water partition coefficient (Wildman–Crippen LogP) is 2.56. The second-order valence-corrected chi connectivity index (χ2v) is 4.58. The Bertz CT molecular complexity index is 389. The fourth-order valence-electron chi connectivity index (χ4n) is 1.96. The van der Waals surface area contributed by atoms with Gasteiger partial charge in [0.25, 0.3) is 0 Å². The summed E-state index contributed by atoms with van der Waals surface area (Å²) in [6.07, 6.45) is 1.91. The van der Waals surface area contributed by atoms with Gasteiger partial charge < -0.3 is 10.2 Å². The highest BCUT2D eigenvalue weighted by molar-refractivity contribution is 5.78. The number of carbonyl (C=O) groups excluding carboxylic acids is 1. The van der Waals surface area contributed by atoms with Gasteiger partial charge in [-0.15, -0.1) is 0 Å². The number of benzene rings is 1. The minimum Gasteiger partial charge on any atom is -0.342 e. The molecule has 1 amide bonds. The van der Waals surface area contributed by atoms with Crippen LogP contribution in [0.25, 0.3) is 0 Å². The molecule has 0 aliphatic rings. The van der Waals surface area contributed by atoms with Crippen molar-refractivity contribution in [2.45, 2.75) is 33.2 Å². The van der Waals surface area contributed by atoms with Crippen LogP contribution >= 0.6 is 0 Å². The molecule has 1 rings (SSSR count). The molecule has 0 unspecified atom stereocenters. The van der Waals surface area contributed by atoms with Crippen molar-refractivity contribution in [1.82, 2.24) is 10.2 Å². The minimum atomic E-state index is -0.235. The van der Waals surface area contributed by atoms with E-state index in [2.05, 4.69) is 19.2 Å². The Balaban J connectivity index is 2.39. The van der Waals surface area contributed by atoms with Crippen LogP contribution in [-0.4, -0.2) is 30.4 Å². The highest BCUT2D eigenvalue weighted by Gasteiger charge is 2.11. The molecule has 0 fully saturated rings. The van der Waals surface area contributed by atoms with Crippen LogP contribution in [0.2, 0.25) is 0 Å². The molecule has 0 saturated heterocycles. The lowest BCUT2D eigenvalue weighted by Crippen LogP contribution is -2.39. The van der Waals surface area contributed by atoms with E-state index in [-0.39, 0.29) is 18.3 Å². The van der Waals surface area contributed by atoms with E-state index in [4.69, 9.17) is 0 Å². The monoisotopic (exact) mass is 266 g/mol. The molecule has 4 heteroatoms. The van der Waals surface area contributed by atoms with Gasteiger partial charge in [-0.1, -0.05) is 32.0 Å². The molecule has 0 aromatic heterocycles. The van der Waals surface area contributed by atoms with Gasteiger partial charge in [0, 0.05) is 25.2 Å². The quantitative estimate of drug-likeness (QED) is 0.784. The molecule has 106 valence electrons. The fraction of sp³-hybridized carbons (Fsp3) is 0.533. The Kier molecular flexibility index (Phi) is 7.11. The normalized spacial score (nSPS) is 10.5. The molecule has 3 nitrogen and oxygen atoms in total. The molecule has 0 atom stereocenters. The molecule has 19 heavy (non-hydrogen) atoms. The number of halogens is 1. The lowest BCUT2D eigenvalue weighted by atomic mass is 10.2. The summed E-state index contributed by atoms with van der Waals surface area (Å²) >= 11 is 0. The maximum absolute atomic E-state index is 13.4. The number of carbonyl (C=O) groups is 1. The zero-order chi connectivity index (χ0) is 14.1. The number of hydrogen-bond acceptors (Lipinski definition) is 2. The van der Waals surface area contributed by atoms with E-state index in [0.717, 1.165) is 25.9 Å². The van der Waals surface area contributed by atoms with Crippen molar-refractivity contribution in [3.8, 4) is 0 Å². The first kappa shape index (κ1) is 15.6. The number of amides is 1. The smallest absolute Gasteiger partial charge is 0.236 e. The van der Waals surface area contributed by atoms with Crippen molar-refractivity contribution in [3.63, 3.8) is 0 Å². The fourth-order valence-corrected chi connectivity index (χ4v) is 1.96.